The number of amides is 2. The van der Waals surface area contributed by atoms with Gasteiger partial charge in [-0.1, -0.05) is 0 Å². The van der Waals surface area contributed by atoms with E-state index in [0.717, 1.165) is 0 Å². The predicted molar refractivity (Wildman–Crippen MR) is 84.7 cm³/mol. The lowest BCUT2D eigenvalue weighted by Gasteiger charge is -2.20. The molecule has 0 aliphatic carbocycles. The Morgan fingerprint density at radius 3 is 2.70 bits per heavy atom. The molecule has 1 aliphatic heterocycles. The quantitative estimate of drug-likeness (QED) is 0.881. The van der Waals surface area contributed by atoms with Crippen LogP contribution in [0, 0.1) is 5.82 Å². The topological polar surface area (TPSA) is 101 Å². The first-order valence-electron chi connectivity index (χ1n) is 6.67. The van der Waals surface area contributed by atoms with E-state index in [2.05, 4.69) is 15.4 Å². The van der Waals surface area contributed by atoms with Crippen molar-refractivity contribution < 1.29 is 14.0 Å². The van der Waals surface area contributed by atoms with Crippen LogP contribution in [0.2, 0.25) is 0 Å². The number of anilines is 2. The Morgan fingerprint density at radius 2 is 2.09 bits per heavy atom. The maximum Gasteiger partial charge on any atom is 0.273 e. The summed E-state index contributed by atoms with van der Waals surface area (Å²) in [5.74, 6) is -1.47. The third kappa shape index (κ3) is 3.19. The van der Waals surface area contributed by atoms with Crippen LogP contribution < -0.4 is 16.1 Å². The third-order valence-corrected chi connectivity index (χ3v) is 3.93. The Balaban J connectivity index is 1.84. The molecule has 118 valence electrons. The molecule has 1 aromatic heterocycles. The number of halogens is 1. The molecule has 3 N–H and O–H groups in total. The van der Waals surface area contributed by atoms with Crippen molar-refractivity contribution in [3.8, 4) is 0 Å². The van der Waals surface area contributed by atoms with Gasteiger partial charge in [0.05, 0.1) is 5.69 Å². The van der Waals surface area contributed by atoms with Crippen molar-refractivity contribution >= 4 is 39.7 Å². The molecular weight excluding hydrogens is 321 g/mol. The number of benzene rings is 1. The number of aromatic nitrogens is 1. The maximum absolute atomic E-state index is 13.0. The second-order valence-electron chi connectivity index (χ2n) is 4.78. The van der Waals surface area contributed by atoms with Crippen LogP contribution in [0.3, 0.4) is 0 Å². The Hall–Kier alpha value is -2.81. The van der Waals surface area contributed by atoms with Crippen molar-refractivity contribution in [3.05, 3.63) is 41.7 Å². The van der Waals surface area contributed by atoms with Gasteiger partial charge in [-0.2, -0.15) is 5.10 Å². The van der Waals surface area contributed by atoms with E-state index in [-0.39, 0.29) is 12.1 Å². The first-order chi connectivity index (χ1) is 11.0. The molecular formula is C14H12FN5O2S. The number of carbonyl (C=O) groups excluding carboxylic acids is 2. The number of hydrogen-bond acceptors (Lipinski definition) is 6. The summed E-state index contributed by atoms with van der Waals surface area (Å²) in [7, 11) is 0. The molecule has 23 heavy (non-hydrogen) atoms. The highest BCUT2D eigenvalue weighted by molar-refractivity contribution is 7.13. The summed E-state index contributed by atoms with van der Waals surface area (Å²) in [6.07, 6.45) is 1.64. The van der Waals surface area contributed by atoms with E-state index in [9.17, 15) is 14.0 Å². The molecule has 2 aromatic rings. The number of nitrogens with two attached hydrogens (primary N) is 1. The molecule has 0 unspecified atom stereocenters. The number of hydrogen-bond donors (Lipinski definition) is 2. The summed E-state index contributed by atoms with van der Waals surface area (Å²) in [5.41, 5.74) is 6.02. The Bertz CT molecular complexity index is 760. The van der Waals surface area contributed by atoms with Crippen LogP contribution in [0.5, 0.6) is 0 Å². The number of thiazole rings is 1. The van der Waals surface area contributed by atoms with Gasteiger partial charge >= 0.3 is 0 Å². The highest BCUT2D eigenvalue weighted by Gasteiger charge is 2.35. The van der Waals surface area contributed by atoms with Crippen LogP contribution in [0.4, 0.5) is 15.2 Å². The average molecular weight is 333 g/mol. The highest BCUT2D eigenvalue weighted by Crippen LogP contribution is 2.25. The Morgan fingerprint density at radius 1 is 1.35 bits per heavy atom. The minimum Gasteiger partial charge on any atom is -0.368 e. The van der Waals surface area contributed by atoms with E-state index in [1.54, 1.807) is 11.6 Å². The number of primary amides is 1. The zero-order chi connectivity index (χ0) is 16.4. The van der Waals surface area contributed by atoms with Gasteiger partial charge in [0, 0.05) is 18.0 Å². The predicted octanol–water partition coefficient (Wildman–Crippen LogP) is 1.34. The van der Waals surface area contributed by atoms with Gasteiger partial charge in [0.15, 0.2) is 5.13 Å². The van der Waals surface area contributed by atoms with E-state index in [4.69, 9.17) is 5.73 Å². The summed E-state index contributed by atoms with van der Waals surface area (Å²) in [6.45, 7) is 0. The molecule has 1 aliphatic rings. The standard InChI is InChI=1S/C14H12FN5O2S/c15-8-1-3-9(4-2-8)20-11(12(16)21)7-10(19-20)13(22)18-14-17-5-6-23-14/h1-6,11H,7H2,(H2,16,21)(H,17,18,22)/t11-/m0/s1. The highest BCUT2D eigenvalue weighted by atomic mass is 32.1. The largest absolute Gasteiger partial charge is 0.368 e. The molecule has 3 rings (SSSR count). The maximum atomic E-state index is 13.0. The summed E-state index contributed by atoms with van der Waals surface area (Å²) in [6, 6.07) is 4.64. The lowest BCUT2D eigenvalue weighted by Crippen LogP contribution is -2.39. The van der Waals surface area contributed by atoms with Gasteiger partial charge in [-0.05, 0) is 24.3 Å². The van der Waals surface area contributed by atoms with Gasteiger partial charge in [-0.15, -0.1) is 11.3 Å². The fourth-order valence-electron chi connectivity index (χ4n) is 2.16. The molecule has 0 bridgehead atoms. The molecule has 0 saturated carbocycles. The van der Waals surface area contributed by atoms with E-state index < -0.39 is 23.7 Å². The molecule has 0 saturated heterocycles. The molecule has 0 spiro atoms. The van der Waals surface area contributed by atoms with Crippen molar-refractivity contribution in [1.29, 1.82) is 0 Å². The molecule has 2 heterocycles. The van der Waals surface area contributed by atoms with Crippen molar-refractivity contribution in [2.75, 3.05) is 10.3 Å². The molecule has 1 atom stereocenters. The van der Waals surface area contributed by atoms with Gasteiger partial charge in [0.1, 0.15) is 17.6 Å². The molecule has 2 amide bonds. The zero-order valence-electron chi connectivity index (χ0n) is 11.8. The fraction of sp³-hybridized carbons (Fsp3) is 0.143. The Kier molecular flexibility index (Phi) is 4.02. The van der Waals surface area contributed by atoms with E-state index in [1.807, 2.05) is 0 Å². The zero-order valence-corrected chi connectivity index (χ0v) is 12.6. The first kappa shape index (κ1) is 15.1. The third-order valence-electron chi connectivity index (χ3n) is 3.24. The average Bonchev–Trinajstić information content (AvgIpc) is 3.17. The number of nitrogens with one attached hydrogen (secondary N) is 1. The van der Waals surface area contributed by atoms with Gasteiger partial charge in [-0.25, -0.2) is 9.37 Å². The molecule has 1 aromatic carbocycles. The van der Waals surface area contributed by atoms with Crippen LogP contribution in [0.15, 0.2) is 40.9 Å². The van der Waals surface area contributed by atoms with E-state index in [1.165, 1.54) is 40.6 Å². The van der Waals surface area contributed by atoms with Crippen molar-refractivity contribution in [2.24, 2.45) is 10.8 Å². The van der Waals surface area contributed by atoms with Gasteiger partial charge < -0.3 is 5.73 Å². The van der Waals surface area contributed by atoms with Crippen molar-refractivity contribution in [1.82, 2.24) is 4.98 Å². The minimum atomic E-state index is -0.794. The van der Waals surface area contributed by atoms with E-state index in [0.29, 0.717) is 10.8 Å². The summed E-state index contributed by atoms with van der Waals surface area (Å²) < 4.78 is 13.0. The van der Waals surface area contributed by atoms with Gasteiger partial charge in [0.2, 0.25) is 5.91 Å². The van der Waals surface area contributed by atoms with Gasteiger partial charge in [-0.3, -0.25) is 19.9 Å². The van der Waals surface area contributed by atoms with Crippen LogP contribution >= 0.6 is 11.3 Å². The first-order valence-corrected chi connectivity index (χ1v) is 7.55. The molecule has 0 radical (unpaired) electrons. The number of rotatable bonds is 4. The second kappa shape index (κ2) is 6.13. The monoisotopic (exact) mass is 333 g/mol. The van der Waals surface area contributed by atoms with Crippen LogP contribution in [0.25, 0.3) is 0 Å². The number of hydrazone groups is 1. The molecule has 9 heteroatoms. The lowest BCUT2D eigenvalue weighted by molar-refractivity contribution is -0.119. The number of nitrogens with zero attached hydrogens (tertiary/aromatic N) is 3. The fourth-order valence-corrected chi connectivity index (χ4v) is 2.68. The van der Waals surface area contributed by atoms with Crippen LogP contribution in [0.1, 0.15) is 6.42 Å². The number of carbonyl (C=O) groups is 2. The Labute approximate surface area is 134 Å². The van der Waals surface area contributed by atoms with Gasteiger partial charge in [0.25, 0.3) is 5.91 Å². The summed E-state index contributed by atoms with van der Waals surface area (Å²) in [5, 5.41) is 10.3. The minimum absolute atomic E-state index is 0.0733. The lowest BCUT2D eigenvalue weighted by atomic mass is 10.1. The molecule has 7 nitrogen and oxygen atoms in total. The summed E-state index contributed by atoms with van der Waals surface area (Å²) in [4.78, 5) is 27.8. The SMILES string of the molecule is NC(=O)[C@@H]1CC(C(=O)Nc2nccs2)=NN1c1ccc(F)cc1. The van der Waals surface area contributed by atoms with E-state index >= 15 is 0 Å². The van der Waals surface area contributed by atoms with Crippen molar-refractivity contribution in [2.45, 2.75) is 12.5 Å². The molecule has 0 fully saturated rings. The van der Waals surface area contributed by atoms with Crippen LogP contribution in [-0.4, -0.2) is 28.6 Å². The summed E-state index contributed by atoms with van der Waals surface area (Å²) >= 11 is 1.27. The van der Waals surface area contributed by atoms with Crippen molar-refractivity contribution in [3.63, 3.8) is 0 Å². The smallest absolute Gasteiger partial charge is 0.273 e. The van der Waals surface area contributed by atoms with Crippen LogP contribution in [-0.2, 0) is 9.59 Å². The second-order valence-corrected chi connectivity index (χ2v) is 5.68. The normalized spacial score (nSPS) is 17.0.